The molecule has 1 aromatic rings. The molecule has 12 heavy (non-hydrogen) atoms. The van der Waals surface area contributed by atoms with Crippen LogP contribution in [0.25, 0.3) is 0 Å². The highest BCUT2D eigenvalue weighted by Crippen LogP contribution is 2.23. The molecule has 1 aromatic carbocycles. The minimum atomic E-state index is 0.170. The molecule has 0 saturated heterocycles. The van der Waals surface area contributed by atoms with Gasteiger partial charge >= 0.3 is 0 Å². The summed E-state index contributed by atoms with van der Waals surface area (Å²) in [5.41, 5.74) is 0.374. The van der Waals surface area contributed by atoms with Crippen LogP contribution in [0, 0.1) is 22.7 Å². The van der Waals surface area contributed by atoms with Crippen LogP contribution in [0.2, 0.25) is 10.0 Å². The maximum atomic E-state index is 8.59. The second kappa shape index (κ2) is 3.45. The van der Waals surface area contributed by atoms with Crippen LogP contribution in [0.3, 0.4) is 0 Å². The summed E-state index contributed by atoms with van der Waals surface area (Å²) in [7, 11) is 0. The van der Waals surface area contributed by atoms with Gasteiger partial charge in [0.25, 0.3) is 0 Å². The Hall–Kier alpha value is -1.22. The molecule has 0 bridgehead atoms. The number of nitriles is 2. The summed E-state index contributed by atoms with van der Waals surface area (Å²) in [5.74, 6) is 0. The maximum Gasteiger partial charge on any atom is 0.102 e. The Kier molecular flexibility index (Phi) is 2.55. The van der Waals surface area contributed by atoms with Crippen molar-refractivity contribution >= 4 is 23.2 Å². The van der Waals surface area contributed by atoms with E-state index in [0.717, 1.165) is 0 Å². The van der Waals surface area contributed by atoms with E-state index in [2.05, 4.69) is 0 Å². The molecule has 4 heteroatoms. The number of rotatable bonds is 0. The summed E-state index contributed by atoms with van der Waals surface area (Å²) in [4.78, 5) is 0. The van der Waals surface area contributed by atoms with Crippen molar-refractivity contribution in [3.05, 3.63) is 33.3 Å². The van der Waals surface area contributed by atoms with Crippen LogP contribution in [0.5, 0.6) is 0 Å². The zero-order valence-electron chi connectivity index (χ0n) is 5.81. The number of benzene rings is 1. The Morgan fingerprint density at radius 3 is 2.25 bits per heavy atom. The van der Waals surface area contributed by atoms with Gasteiger partial charge in [0.2, 0.25) is 0 Å². The highest BCUT2D eigenvalue weighted by Gasteiger charge is 2.07. The van der Waals surface area contributed by atoms with Gasteiger partial charge in [0.05, 0.1) is 16.1 Å². The van der Waals surface area contributed by atoms with Crippen molar-refractivity contribution in [2.45, 2.75) is 0 Å². The summed E-state index contributed by atoms with van der Waals surface area (Å²) in [6.07, 6.45) is 0. The average molecular weight is 197 g/mol. The lowest BCUT2D eigenvalue weighted by Gasteiger charge is -1.97. The molecule has 0 unspecified atom stereocenters. The first-order valence-electron chi connectivity index (χ1n) is 2.98. The first-order valence-corrected chi connectivity index (χ1v) is 3.74. The van der Waals surface area contributed by atoms with Gasteiger partial charge < -0.3 is 0 Å². The van der Waals surface area contributed by atoms with Gasteiger partial charge in [0.15, 0.2) is 0 Å². The predicted octanol–water partition coefficient (Wildman–Crippen LogP) is 2.74. The smallest absolute Gasteiger partial charge is 0.102 e. The molecule has 0 saturated carbocycles. The van der Waals surface area contributed by atoms with Crippen LogP contribution in [0.4, 0.5) is 0 Å². The van der Waals surface area contributed by atoms with Crippen molar-refractivity contribution in [1.82, 2.24) is 0 Å². The third-order valence-electron chi connectivity index (χ3n) is 1.29. The third kappa shape index (κ3) is 1.51. The fraction of sp³-hybridized carbons (Fsp3) is 0. The lowest BCUT2D eigenvalue weighted by Crippen LogP contribution is -1.84. The van der Waals surface area contributed by atoms with Crippen molar-refractivity contribution < 1.29 is 0 Å². The monoisotopic (exact) mass is 196 g/mol. The highest BCUT2D eigenvalue weighted by molar-refractivity contribution is 6.35. The second-order valence-electron chi connectivity index (χ2n) is 2.03. The van der Waals surface area contributed by atoms with Gasteiger partial charge in [-0.3, -0.25) is 0 Å². The Balaban J connectivity index is 3.50. The maximum absolute atomic E-state index is 8.59. The minimum Gasteiger partial charge on any atom is -0.192 e. The standard InChI is InChI=1S/C8H2Cl2N2/c9-6-1-5(3-11)7(4-12)8(10)2-6/h1-2H. The quantitative estimate of drug-likeness (QED) is 0.641. The average Bonchev–Trinajstić information content (AvgIpc) is 2.03. The van der Waals surface area contributed by atoms with Gasteiger partial charge in [0, 0.05) is 5.02 Å². The van der Waals surface area contributed by atoms with E-state index in [4.69, 9.17) is 33.7 Å². The molecule has 0 atom stereocenters. The zero-order chi connectivity index (χ0) is 9.14. The molecule has 0 radical (unpaired) electrons. The fourth-order valence-electron chi connectivity index (χ4n) is 0.775. The van der Waals surface area contributed by atoms with Crippen molar-refractivity contribution in [3.8, 4) is 12.1 Å². The lowest BCUT2D eigenvalue weighted by atomic mass is 10.1. The Morgan fingerprint density at radius 1 is 1.08 bits per heavy atom. The molecule has 0 aromatic heterocycles. The van der Waals surface area contributed by atoms with E-state index in [1.807, 2.05) is 12.1 Å². The van der Waals surface area contributed by atoms with E-state index in [0.29, 0.717) is 5.02 Å². The molecule has 0 heterocycles. The topological polar surface area (TPSA) is 47.6 Å². The highest BCUT2D eigenvalue weighted by atomic mass is 35.5. The molecule has 58 valence electrons. The molecule has 0 amide bonds. The normalized spacial score (nSPS) is 8.67. The molecule has 0 N–H and O–H groups in total. The molecule has 0 aliphatic heterocycles. The van der Waals surface area contributed by atoms with Gasteiger partial charge in [-0.1, -0.05) is 23.2 Å². The Labute approximate surface area is 79.6 Å². The van der Waals surface area contributed by atoms with Crippen molar-refractivity contribution in [2.75, 3.05) is 0 Å². The van der Waals surface area contributed by atoms with E-state index in [1.165, 1.54) is 12.1 Å². The SMILES string of the molecule is N#Cc1cc(Cl)cc(Cl)c1C#N. The van der Waals surface area contributed by atoms with E-state index in [9.17, 15) is 0 Å². The van der Waals surface area contributed by atoms with E-state index in [1.54, 1.807) is 0 Å². The first kappa shape index (κ1) is 8.87. The predicted molar refractivity (Wildman–Crippen MR) is 45.9 cm³/mol. The second-order valence-corrected chi connectivity index (χ2v) is 2.88. The van der Waals surface area contributed by atoms with Crippen molar-refractivity contribution in [1.29, 1.82) is 10.5 Å². The Bertz CT molecular complexity index is 399. The van der Waals surface area contributed by atoms with Crippen LogP contribution < -0.4 is 0 Å². The summed E-state index contributed by atoms with van der Waals surface area (Å²) in [6, 6.07) is 6.51. The summed E-state index contributed by atoms with van der Waals surface area (Å²) in [5, 5.41) is 17.7. The van der Waals surface area contributed by atoms with Gasteiger partial charge in [-0.25, -0.2) is 0 Å². The van der Waals surface area contributed by atoms with Gasteiger partial charge in [-0.05, 0) is 12.1 Å². The number of halogens is 2. The molecule has 1 rings (SSSR count). The fourth-order valence-corrected chi connectivity index (χ4v) is 1.31. The first-order chi connectivity index (χ1) is 5.69. The summed E-state index contributed by atoms with van der Waals surface area (Å²) in [6.45, 7) is 0. The van der Waals surface area contributed by atoms with Crippen molar-refractivity contribution in [2.24, 2.45) is 0 Å². The number of nitrogens with zero attached hydrogens (tertiary/aromatic N) is 2. The molecule has 0 fully saturated rings. The van der Waals surface area contributed by atoms with E-state index >= 15 is 0 Å². The van der Waals surface area contributed by atoms with Gasteiger partial charge in [-0.15, -0.1) is 0 Å². The van der Waals surface area contributed by atoms with Crippen LogP contribution in [-0.4, -0.2) is 0 Å². The molecule has 0 aliphatic rings. The minimum absolute atomic E-state index is 0.170. The Morgan fingerprint density at radius 2 is 1.75 bits per heavy atom. The molecule has 2 nitrogen and oxygen atoms in total. The van der Waals surface area contributed by atoms with E-state index < -0.39 is 0 Å². The van der Waals surface area contributed by atoms with Gasteiger partial charge in [0.1, 0.15) is 12.1 Å². The summed E-state index contributed by atoms with van der Waals surface area (Å²) < 4.78 is 0. The zero-order valence-corrected chi connectivity index (χ0v) is 7.32. The molecular weight excluding hydrogens is 195 g/mol. The molecule has 0 aliphatic carbocycles. The van der Waals surface area contributed by atoms with E-state index in [-0.39, 0.29) is 16.1 Å². The van der Waals surface area contributed by atoms with Gasteiger partial charge in [-0.2, -0.15) is 10.5 Å². The number of hydrogen-bond acceptors (Lipinski definition) is 2. The van der Waals surface area contributed by atoms with Crippen LogP contribution in [0.15, 0.2) is 12.1 Å². The number of hydrogen-bond donors (Lipinski definition) is 0. The largest absolute Gasteiger partial charge is 0.192 e. The van der Waals surface area contributed by atoms with Crippen LogP contribution in [-0.2, 0) is 0 Å². The third-order valence-corrected chi connectivity index (χ3v) is 1.80. The van der Waals surface area contributed by atoms with Crippen molar-refractivity contribution in [3.63, 3.8) is 0 Å². The summed E-state index contributed by atoms with van der Waals surface area (Å²) >= 11 is 11.3. The molecule has 0 spiro atoms. The molecular formula is C8H2Cl2N2. The van der Waals surface area contributed by atoms with Crippen LogP contribution >= 0.6 is 23.2 Å². The lowest BCUT2D eigenvalue weighted by molar-refractivity contribution is 1.43. The van der Waals surface area contributed by atoms with Crippen LogP contribution in [0.1, 0.15) is 11.1 Å².